The van der Waals surface area contributed by atoms with Crippen LogP contribution >= 0.6 is 0 Å². The van der Waals surface area contributed by atoms with Crippen LogP contribution < -0.4 is 4.90 Å². The number of hydrogen-bond acceptors (Lipinski definition) is 3. The van der Waals surface area contributed by atoms with Crippen LogP contribution in [0.5, 0.6) is 0 Å². The highest BCUT2D eigenvalue weighted by Crippen LogP contribution is 2.21. The highest BCUT2D eigenvalue weighted by molar-refractivity contribution is 5.86. The number of anilines is 1. The predicted molar refractivity (Wildman–Crippen MR) is 87.8 cm³/mol. The number of carbonyl (C=O) groups is 1. The van der Waals surface area contributed by atoms with Crippen LogP contribution in [-0.4, -0.2) is 16.7 Å². The third-order valence-corrected chi connectivity index (χ3v) is 3.08. The molecule has 0 aliphatic rings. The van der Waals surface area contributed by atoms with Gasteiger partial charge in [0, 0.05) is 11.8 Å². The van der Waals surface area contributed by atoms with E-state index < -0.39 is 11.7 Å². The van der Waals surface area contributed by atoms with Crippen LogP contribution in [0.15, 0.2) is 42.6 Å². The first-order valence-electron chi connectivity index (χ1n) is 7.43. The van der Waals surface area contributed by atoms with Gasteiger partial charge in [0.2, 0.25) is 0 Å². The summed E-state index contributed by atoms with van der Waals surface area (Å²) >= 11 is 0. The summed E-state index contributed by atoms with van der Waals surface area (Å²) in [5.41, 5.74) is 0.716. The number of rotatable bonds is 3. The lowest BCUT2D eigenvalue weighted by atomic mass is 10.2. The van der Waals surface area contributed by atoms with E-state index in [-0.39, 0.29) is 12.4 Å². The normalized spacial score (nSPS) is 11.2. The predicted octanol–water partition coefficient (Wildman–Crippen LogP) is 4.47. The minimum atomic E-state index is -0.644. The van der Waals surface area contributed by atoms with Crippen LogP contribution in [0.25, 0.3) is 0 Å². The Hall–Kier alpha value is -2.43. The lowest BCUT2D eigenvalue weighted by molar-refractivity contribution is 0.0576. The molecule has 1 aromatic heterocycles. The van der Waals surface area contributed by atoms with Crippen molar-refractivity contribution in [3.63, 3.8) is 0 Å². The maximum Gasteiger partial charge on any atom is 0.416 e. The molecule has 0 fully saturated rings. The van der Waals surface area contributed by atoms with Crippen LogP contribution in [0, 0.1) is 12.7 Å². The van der Waals surface area contributed by atoms with Crippen LogP contribution in [0.3, 0.4) is 0 Å². The molecule has 23 heavy (non-hydrogen) atoms. The zero-order chi connectivity index (χ0) is 17.0. The average molecular weight is 316 g/mol. The van der Waals surface area contributed by atoms with Gasteiger partial charge >= 0.3 is 6.09 Å². The Bertz CT molecular complexity index is 695. The molecular weight excluding hydrogens is 295 g/mol. The SMILES string of the molecule is Cc1ccnc(N(Cc2ccccc2F)C(=O)OC(C)(C)C)c1. The standard InChI is InChI=1S/C18H21FN2O2/c1-13-9-10-20-16(11-13)21(17(22)23-18(2,3)4)12-14-7-5-6-8-15(14)19/h5-11H,12H2,1-4H3. The lowest BCUT2D eigenvalue weighted by Crippen LogP contribution is -2.37. The maximum atomic E-state index is 13.9. The second-order valence-electron chi connectivity index (χ2n) is 6.35. The van der Waals surface area contributed by atoms with E-state index in [1.165, 1.54) is 11.0 Å². The minimum Gasteiger partial charge on any atom is -0.443 e. The fourth-order valence-corrected chi connectivity index (χ4v) is 2.02. The number of hydrogen-bond donors (Lipinski definition) is 0. The van der Waals surface area contributed by atoms with Gasteiger partial charge in [-0.15, -0.1) is 0 Å². The summed E-state index contributed by atoms with van der Waals surface area (Å²) in [5.74, 6) is 0.0659. The number of aryl methyl sites for hydroxylation is 1. The Balaban J connectivity index is 2.35. The van der Waals surface area contributed by atoms with Gasteiger partial charge in [0.25, 0.3) is 0 Å². The quantitative estimate of drug-likeness (QED) is 0.839. The maximum absolute atomic E-state index is 13.9. The highest BCUT2D eigenvalue weighted by atomic mass is 19.1. The topological polar surface area (TPSA) is 42.4 Å². The zero-order valence-electron chi connectivity index (χ0n) is 13.8. The molecule has 1 heterocycles. The number of pyridine rings is 1. The van der Waals surface area contributed by atoms with E-state index in [1.54, 1.807) is 51.2 Å². The van der Waals surface area contributed by atoms with Crippen LogP contribution in [0.4, 0.5) is 15.0 Å². The van der Waals surface area contributed by atoms with E-state index in [1.807, 2.05) is 13.0 Å². The summed E-state index contributed by atoms with van der Waals surface area (Å²) < 4.78 is 19.4. The van der Waals surface area contributed by atoms with Crippen molar-refractivity contribution in [3.05, 3.63) is 59.5 Å². The Morgan fingerprint density at radius 3 is 2.57 bits per heavy atom. The number of carbonyl (C=O) groups excluding carboxylic acids is 1. The number of benzene rings is 1. The van der Waals surface area contributed by atoms with Gasteiger partial charge in [0.1, 0.15) is 17.2 Å². The first-order valence-corrected chi connectivity index (χ1v) is 7.43. The molecule has 0 aliphatic carbocycles. The van der Waals surface area contributed by atoms with Crippen LogP contribution in [0.2, 0.25) is 0 Å². The summed E-state index contributed by atoms with van der Waals surface area (Å²) in [4.78, 5) is 18.1. The van der Waals surface area contributed by atoms with Gasteiger partial charge in [-0.05, 0) is 51.5 Å². The van der Waals surface area contributed by atoms with E-state index in [9.17, 15) is 9.18 Å². The summed E-state index contributed by atoms with van der Waals surface area (Å²) in [6, 6.07) is 9.95. The first kappa shape index (κ1) is 16.9. The molecule has 5 heteroatoms. The number of ether oxygens (including phenoxy) is 1. The molecule has 122 valence electrons. The molecule has 0 atom stereocenters. The molecule has 0 radical (unpaired) electrons. The Labute approximate surface area is 135 Å². The van der Waals surface area contributed by atoms with Gasteiger partial charge in [-0.1, -0.05) is 18.2 Å². The second kappa shape index (κ2) is 6.77. The van der Waals surface area contributed by atoms with Crippen molar-refractivity contribution in [2.24, 2.45) is 0 Å². The molecule has 1 amide bonds. The van der Waals surface area contributed by atoms with Crippen molar-refractivity contribution in [3.8, 4) is 0 Å². The summed E-state index contributed by atoms with van der Waals surface area (Å²) in [5, 5.41) is 0. The van der Waals surface area contributed by atoms with E-state index in [0.29, 0.717) is 11.4 Å². The summed E-state index contributed by atoms with van der Waals surface area (Å²) in [7, 11) is 0. The van der Waals surface area contributed by atoms with Crippen molar-refractivity contribution >= 4 is 11.9 Å². The van der Waals surface area contributed by atoms with Gasteiger partial charge < -0.3 is 4.74 Å². The minimum absolute atomic E-state index is 0.0536. The number of halogens is 1. The molecule has 0 saturated heterocycles. The fraction of sp³-hybridized carbons (Fsp3) is 0.333. The molecule has 0 aliphatic heterocycles. The van der Waals surface area contributed by atoms with Crippen LogP contribution in [-0.2, 0) is 11.3 Å². The highest BCUT2D eigenvalue weighted by Gasteiger charge is 2.25. The Kier molecular flexibility index (Phi) is 4.98. The fourth-order valence-electron chi connectivity index (χ4n) is 2.02. The molecule has 0 unspecified atom stereocenters. The smallest absolute Gasteiger partial charge is 0.416 e. The average Bonchev–Trinajstić information content (AvgIpc) is 2.44. The van der Waals surface area contributed by atoms with Gasteiger partial charge in [-0.2, -0.15) is 0 Å². The van der Waals surface area contributed by atoms with Gasteiger partial charge in [-0.3, -0.25) is 4.90 Å². The largest absolute Gasteiger partial charge is 0.443 e. The second-order valence-corrected chi connectivity index (χ2v) is 6.35. The molecule has 0 spiro atoms. The van der Waals surface area contributed by atoms with Gasteiger partial charge in [0.05, 0.1) is 6.54 Å². The molecule has 0 saturated carbocycles. The third-order valence-electron chi connectivity index (χ3n) is 3.08. The van der Waals surface area contributed by atoms with Gasteiger partial charge in [0.15, 0.2) is 0 Å². The van der Waals surface area contributed by atoms with E-state index >= 15 is 0 Å². The van der Waals surface area contributed by atoms with Crippen molar-refractivity contribution in [2.45, 2.75) is 39.8 Å². The van der Waals surface area contributed by atoms with Gasteiger partial charge in [-0.25, -0.2) is 14.2 Å². The Morgan fingerprint density at radius 1 is 1.26 bits per heavy atom. The van der Waals surface area contributed by atoms with Crippen molar-refractivity contribution in [1.29, 1.82) is 0 Å². The van der Waals surface area contributed by atoms with Crippen molar-refractivity contribution in [1.82, 2.24) is 4.98 Å². The summed E-state index contributed by atoms with van der Waals surface area (Å²) in [6.07, 6.45) is 1.06. The number of aromatic nitrogens is 1. The number of amides is 1. The first-order chi connectivity index (χ1) is 10.8. The third kappa shape index (κ3) is 4.77. The summed E-state index contributed by atoms with van der Waals surface area (Å²) in [6.45, 7) is 7.32. The van der Waals surface area contributed by atoms with E-state index in [0.717, 1.165) is 5.56 Å². The van der Waals surface area contributed by atoms with Crippen molar-refractivity contribution < 1.29 is 13.9 Å². The van der Waals surface area contributed by atoms with E-state index in [2.05, 4.69) is 4.98 Å². The molecule has 0 N–H and O–H groups in total. The molecular formula is C18H21FN2O2. The zero-order valence-corrected chi connectivity index (χ0v) is 13.8. The Morgan fingerprint density at radius 2 is 1.96 bits per heavy atom. The van der Waals surface area contributed by atoms with Crippen LogP contribution in [0.1, 0.15) is 31.9 Å². The molecule has 2 rings (SSSR count). The molecule has 0 bridgehead atoms. The molecule has 1 aromatic carbocycles. The van der Waals surface area contributed by atoms with E-state index in [4.69, 9.17) is 4.74 Å². The number of nitrogens with zero attached hydrogens (tertiary/aromatic N) is 2. The monoisotopic (exact) mass is 316 g/mol. The molecule has 4 nitrogen and oxygen atoms in total. The molecule has 2 aromatic rings. The lowest BCUT2D eigenvalue weighted by Gasteiger charge is -2.27. The van der Waals surface area contributed by atoms with Crippen molar-refractivity contribution in [2.75, 3.05) is 4.90 Å².